The van der Waals surface area contributed by atoms with E-state index >= 15 is 0 Å². The molecule has 7 heavy (non-hydrogen) atoms. The lowest BCUT2D eigenvalue weighted by Gasteiger charge is -2.12. The van der Waals surface area contributed by atoms with Crippen molar-refractivity contribution in [1.29, 1.82) is 0 Å². The van der Waals surface area contributed by atoms with E-state index in [0.717, 1.165) is 26.1 Å². The quantitative estimate of drug-likeness (QED) is 0.418. The van der Waals surface area contributed by atoms with E-state index in [4.69, 9.17) is 5.11 Å². The summed E-state index contributed by atoms with van der Waals surface area (Å²) in [7, 11) is 0. The third kappa shape index (κ3) is 1.45. The zero-order valence-corrected chi connectivity index (χ0v) is 4.30. The Bertz CT molecular complexity index is 48.0. The Morgan fingerprint density at radius 3 is 2.14 bits per heavy atom. The van der Waals surface area contributed by atoms with Crippen LogP contribution in [0.5, 0.6) is 0 Å². The van der Waals surface area contributed by atoms with Crippen LogP contribution in [0.4, 0.5) is 0 Å². The molecule has 0 bridgehead atoms. The first-order valence-electron chi connectivity index (χ1n) is 2.71. The van der Waals surface area contributed by atoms with E-state index in [1.165, 1.54) is 0 Å². The summed E-state index contributed by atoms with van der Waals surface area (Å²) in [6, 6.07) is 0. The average molecular weight is 103 g/mol. The van der Waals surface area contributed by atoms with Gasteiger partial charge in [-0.3, -0.25) is 0 Å². The van der Waals surface area contributed by atoms with E-state index in [1.54, 1.807) is 0 Å². The van der Waals surface area contributed by atoms with Gasteiger partial charge in [-0.05, 0) is 0 Å². The van der Waals surface area contributed by atoms with E-state index in [0.29, 0.717) is 0 Å². The number of rotatable bonds is 0. The summed E-state index contributed by atoms with van der Waals surface area (Å²) >= 11 is 0. The number of hydrogen-bond donors (Lipinski definition) is 1. The first-order valence-corrected chi connectivity index (χ1v) is 2.71. The van der Waals surface area contributed by atoms with E-state index in [9.17, 15) is 0 Å². The molecule has 1 fully saturated rings. The fraction of sp³-hybridized carbons (Fsp3) is 1.00. The SMILES string of the molecule is OC1CC[OH+]CC1. The summed E-state index contributed by atoms with van der Waals surface area (Å²) in [4.78, 5) is 0. The monoisotopic (exact) mass is 103 g/mol. The van der Waals surface area contributed by atoms with Crippen molar-refractivity contribution < 1.29 is 9.84 Å². The molecule has 0 atom stereocenters. The molecule has 0 radical (unpaired) electrons. The lowest BCUT2D eigenvalue weighted by atomic mass is 10.2. The van der Waals surface area contributed by atoms with E-state index in [1.807, 2.05) is 0 Å². The van der Waals surface area contributed by atoms with Crippen LogP contribution in [0.15, 0.2) is 0 Å². The molecule has 0 aromatic rings. The Morgan fingerprint density at radius 2 is 1.86 bits per heavy atom. The third-order valence-electron chi connectivity index (χ3n) is 1.24. The summed E-state index contributed by atoms with van der Waals surface area (Å²) in [5.41, 5.74) is 0. The van der Waals surface area contributed by atoms with Crippen molar-refractivity contribution in [1.82, 2.24) is 0 Å². The molecule has 0 spiro atoms. The Labute approximate surface area is 43.1 Å². The summed E-state index contributed by atoms with van der Waals surface area (Å²) in [6.45, 7) is 1.72. The zero-order valence-electron chi connectivity index (χ0n) is 4.30. The molecule has 0 aromatic heterocycles. The minimum atomic E-state index is -0.0579. The van der Waals surface area contributed by atoms with Gasteiger partial charge in [-0.2, -0.15) is 0 Å². The van der Waals surface area contributed by atoms with Gasteiger partial charge in [0.05, 0.1) is 6.10 Å². The summed E-state index contributed by atoms with van der Waals surface area (Å²) < 4.78 is 4.07. The van der Waals surface area contributed by atoms with Crippen molar-refractivity contribution in [3.05, 3.63) is 0 Å². The van der Waals surface area contributed by atoms with Crippen molar-refractivity contribution in [2.24, 2.45) is 0 Å². The molecule has 0 aliphatic carbocycles. The van der Waals surface area contributed by atoms with Gasteiger partial charge in [-0.25, -0.2) is 0 Å². The van der Waals surface area contributed by atoms with Crippen LogP contribution < -0.4 is 0 Å². The van der Waals surface area contributed by atoms with Crippen LogP contribution in [-0.2, 0) is 0 Å². The molecule has 1 heterocycles. The van der Waals surface area contributed by atoms with Crippen LogP contribution in [-0.4, -0.2) is 29.2 Å². The van der Waals surface area contributed by atoms with Crippen LogP contribution >= 0.6 is 0 Å². The maximum absolute atomic E-state index is 8.85. The first kappa shape index (κ1) is 5.06. The Balaban J connectivity index is 2.12. The van der Waals surface area contributed by atoms with Gasteiger partial charge in [0.15, 0.2) is 0 Å². The Hall–Kier alpha value is -0.0800. The van der Waals surface area contributed by atoms with Gasteiger partial charge in [0, 0.05) is 12.8 Å². The molecule has 0 saturated carbocycles. The highest BCUT2D eigenvalue weighted by molar-refractivity contribution is 4.57. The molecule has 42 valence electrons. The second-order valence-electron chi connectivity index (χ2n) is 1.90. The highest BCUT2D eigenvalue weighted by Crippen LogP contribution is 2.01. The second kappa shape index (κ2) is 2.28. The van der Waals surface area contributed by atoms with Gasteiger partial charge in [-0.1, -0.05) is 0 Å². The van der Waals surface area contributed by atoms with Gasteiger partial charge in [0.1, 0.15) is 13.2 Å². The highest BCUT2D eigenvalue weighted by atomic mass is 16.5. The molecule has 0 amide bonds. The Morgan fingerprint density at radius 1 is 1.29 bits per heavy atom. The van der Waals surface area contributed by atoms with Gasteiger partial charge in [0.2, 0.25) is 0 Å². The van der Waals surface area contributed by atoms with Crippen LogP contribution in [0.2, 0.25) is 0 Å². The van der Waals surface area contributed by atoms with Crippen LogP contribution in [0.25, 0.3) is 0 Å². The zero-order chi connectivity index (χ0) is 5.11. The molecule has 1 rings (SSSR count). The van der Waals surface area contributed by atoms with Gasteiger partial charge >= 0.3 is 0 Å². The van der Waals surface area contributed by atoms with Crippen molar-refractivity contribution in [3.8, 4) is 0 Å². The van der Waals surface area contributed by atoms with E-state index in [-0.39, 0.29) is 6.10 Å². The van der Waals surface area contributed by atoms with Crippen LogP contribution in [0.3, 0.4) is 0 Å². The fourth-order valence-corrected chi connectivity index (χ4v) is 0.737. The van der Waals surface area contributed by atoms with Gasteiger partial charge < -0.3 is 9.84 Å². The average Bonchev–Trinajstić information content (AvgIpc) is 1.69. The topological polar surface area (TPSA) is 33.0 Å². The lowest BCUT2D eigenvalue weighted by molar-refractivity contribution is -0.0984. The molecule has 2 nitrogen and oxygen atoms in total. The molecule has 0 aromatic carbocycles. The molecule has 1 saturated heterocycles. The molecular weight excluding hydrogens is 92.1 g/mol. The smallest absolute Gasteiger partial charge is 0.147 e. The number of ether oxygens (including phenoxy) is 1. The lowest BCUT2D eigenvalue weighted by Crippen LogP contribution is -2.22. The van der Waals surface area contributed by atoms with Gasteiger partial charge in [0.25, 0.3) is 0 Å². The maximum Gasteiger partial charge on any atom is 0.147 e. The predicted molar refractivity (Wildman–Crippen MR) is 27.2 cm³/mol. The first-order chi connectivity index (χ1) is 3.39. The van der Waals surface area contributed by atoms with Crippen molar-refractivity contribution in [2.45, 2.75) is 18.9 Å². The normalized spacial score (nSPS) is 25.3. The summed E-state index contributed by atoms with van der Waals surface area (Å²) in [6.07, 6.45) is 1.69. The standard InChI is InChI=1S/C5H10O2/c6-5-1-3-7-4-2-5/h5-6H,1-4H2/p+1. The molecule has 1 aliphatic rings. The maximum atomic E-state index is 8.85. The fourth-order valence-electron chi connectivity index (χ4n) is 0.737. The van der Waals surface area contributed by atoms with Crippen molar-refractivity contribution in [3.63, 3.8) is 0 Å². The van der Waals surface area contributed by atoms with Crippen molar-refractivity contribution >= 4 is 0 Å². The predicted octanol–water partition coefficient (Wildman–Crippen LogP) is -0.331. The minimum Gasteiger partial charge on any atom is -0.434 e. The third-order valence-corrected chi connectivity index (χ3v) is 1.24. The second-order valence-corrected chi connectivity index (χ2v) is 1.90. The molecule has 1 aliphatic heterocycles. The van der Waals surface area contributed by atoms with Gasteiger partial charge in [-0.15, -0.1) is 0 Å². The number of hydrogen-bond acceptors (Lipinski definition) is 1. The van der Waals surface area contributed by atoms with Crippen LogP contribution in [0.1, 0.15) is 12.8 Å². The van der Waals surface area contributed by atoms with E-state index < -0.39 is 0 Å². The Kier molecular flexibility index (Phi) is 1.65. The van der Waals surface area contributed by atoms with E-state index in [2.05, 4.69) is 4.74 Å². The molecule has 2 heteroatoms. The number of aliphatic hydroxyl groups is 3. The molecule has 0 unspecified atom stereocenters. The summed E-state index contributed by atoms with van der Waals surface area (Å²) in [5, 5.41) is 8.85. The van der Waals surface area contributed by atoms with Crippen LogP contribution in [0, 0.1) is 0 Å². The molecule has 2 N–H and O–H groups in total. The summed E-state index contributed by atoms with van der Waals surface area (Å²) in [5.74, 6) is 0. The largest absolute Gasteiger partial charge is 0.434 e. The number of aliphatic hydroxyl groups excluding tert-OH is 1. The minimum absolute atomic E-state index is 0.0579. The molecular formula is C5H11O2+. The highest BCUT2D eigenvalue weighted by Gasteiger charge is 2.11. The van der Waals surface area contributed by atoms with Crippen molar-refractivity contribution in [2.75, 3.05) is 13.2 Å².